The molecule has 3 aromatic carbocycles. The second-order valence-corrected chi connectivity index (χ2v) is 7.48. The van der Waals surface area contributed by atoms with Crippen molar-refractivity contribution in [3.63, 3.8) is 0 Å². The van der Waals surface area contributed by atoms with Crippen LogP contribution in [0.15, 0.2) is 54.6 Å². The van der Waals surface area contributed by atoms with E-state index < -0.39 is 0 Å². The highest BCUT2D eigenvalue weighted by molar-refractivity contribution is 6.09. The summed E-state index contributed by atoms with van der Waals surface area (Å²) >= 11 is 0. The highest BCUT2D eigenvalue weighted by Gasteiger charge is 2.17. The van der Waals surface area contributed by atoms with E-state index in [1.807, 2.05) is 70.2 Å². The summed E-state index contributed by atoms with van der Waals surface area (Å²) in [6, 6.07) is 17.2. The third-order valence-corrected chi connectivity index (χ3v) is 4.53. The molecule has 5 heteroatoms. The molecule has 0 fully saturated rings. The van der Waals surface area contributed by atoms with Crippen molar-refractivity contribution in [3.8, 4) is 5.75 Å². The van der Waals surface area contributed by atoms with Gasteiger partial charge in [-0.1, -0.05) is 42.0 Å². The second kappa shape index (κ2) is 8.78. The quantitative estimate of drug-likeness (QED) is 0.646. The molecule has 0 radical (unpaired) electrons. The maximum atomic E-state index is 13.0. The first-order valence-electron chi connectivity index (χ1n) is 9.67. The predicted molar refractivity (Wildman–Crippen MR) is 117 cm³/mol. The summed E-state index contributed by atoms with van der Waals surface area (Å²) in [6.45, 7) is 7.58. The van der Waals surface area contributed by atoms with Gasteiger partial charge in [-0.25, -0.2) is 0 Å². The third kappa shape index (κ3) is 5.13. The largest absolute Gasteiger partial charge is 0.483 e. The average molecular weight is 390 g/mol. The van der Waals surface area contributed by atoms with Crippen molar-refractivity contribution in [1.82, 2.24) is 5.32 Å². The molecule has 150 valence electrons. The van der Waals surface area contributed by atoms with E-state index in [1.54, 1.807) is 12.1 Å². The summed E-state index contributed by atoms with van der Waals surface area (Å²) in [5, 5.41) is 7.61. The smallest absolute Gasteiger partial charge is 0.259 e. The minimum Gasteiger partial charge on any atom is -0.483 e. The first-order chi connectivity index (χ1) is 13.8. The molecular weight excluding hydrogens is 364 g/mol. The van der Waals surface area contributed by atoms with Gasteiger partial charge in [0.25, 0.3) is 11.8 Å². The van der Waals surface area contributed by atoms with Gasteiger partial charge in [0.15, 0.2) is 6.61 Å². The number of hydrogen-bond donors (Lipinski definition) is 2. The molecule has 0 spiro atoms. The molecule has 2 amide bonds. The first kappa shape index (κ1) is 20.4. The number of carbonyl (C=O) groups excluding carboxylic acids is 2. The van der Waals surface area contributed by atoms with E-state index in [-0.39, 0.29) is 24.5 Å². The van der Waals surface area contributed by atoms with E-state index in [9.17, 15) is 9.59 Å². The number of hydrogen-bond acceptors (Lipinski definition) is 3. The maximum Gasteiger partial charge on any atom is 0.259 e. The molecule has 5 nitrogen and oxygen atoms in total. The van der Waals surface area contributed by atoms with Crippen LogP contribution < -0.4 is 15.4 Å². The number of anilines is 1. The van der Waals surface area contributed by atoms with Gasteiger partial charge in [0.05, 0.1) is 5.56 Å². The molecule has 0 saturated carbocycles. The molecule has 0 aliphatic carbocycles. The number of rotatable bonds is 6. The monoisotopic (exact) mass is 390 g/mol. The standard InChI is InChI=1S/C24H26N2O3/c1-15(2)25-23(27)14-29-22-13-19-8-6-5-7-18(19)12-20(22)24(28)26-21-10-9-16(3)11-17(21)4/h5-13,15H,14H2,1-4H3,(H,25,27)(H,26,28). The zero-order valence-corrected chi connectivity index (χ0v) is 17.2. The average Bonchev–Trinajstić information content (AvgIpc) is 2.67. The summed E-state index contributed by atoms with van der Waals surface area (Å²) in [6.07, 6.45) is 0. The van der Waals surface area contributed by atoms with Crippen molar-refractivity contribution in [1.29, 1.82) is 0 Å². The van der Waals surface area contributed by atoms with E-state index in [0.717, 1.165) is 27.6 Å². The molecule has 0 aromatic heterocycles. The van der Waals surface area contributed by atoms with E-state index in [2.05, 4.69) is 10.6 Å². The van der Waals surface area contributed by atoms with Crippen LogP contribution in [0.25, 0.3) is 10.8 Å². The van der Waals surface area contributed by atoms with Crippen molar-refractivity contribution in [3.05, 3.63) is 71.3 Å². The van der Waals surface area contributed by atoms with Crippen LogP contribution in [-0.2, 0) is 4.79 Å². The van der Waals surface area contributed by atoms with Crippen LogP contribution >= 0.6 is 0 Å². The topological polar surface area (TPSA) is 67.4 Å². The first-order valence-corrected chi connectivity index (χ1v) is 9.67. The number of fused-ring (bicyclic) bond motifs is 1. The molecule has 0 saturated heterocycles. The van der Waals surface area contributed by atoms with Crippen LogP contribution in [0.5, 0.6) is 5.75 Å². The van der Waals surface area contributed by atoms with Gasteiger partial charge in [-0.2, -0.15) is 0 Å². The van der Waals surface area contributed by atoms with Crippen molar-refractivity contribution in [2.75, 3.05) is 11.9 Å². The van der Waals surface area contributed by atoms with Crippen molar-refractivity contribution in [2.24, 2.45) is 0 Å². The minimum atomic E-state index is -0.276. The van der Waals surface area contributed by atoms with Gasteiger partial charge in [0.2, 0.25) is 0 Å². The van der Waals surface area contributed by atoms with Gasteiger partial charge in [-0.15, -0.1) is 0 Å². The highest BCUT2D eigenvalue weighted by Crippen LogP contribution is 2.28. The van der Waals surface area contributed by atoms with Gasteiger partial charge < -0.3 is 15.4 Å². The van der Waals surface area contributed by atoms with Crippen LogP contribution in [0.2, 0.25) is 0 Å². The lowest BCUT2D eigenvalue weighted by molar-refractivity contribution is -0.123. The van der Waals surface area contributed by atoms with Gasteiger partial charge in [-0.05, 0) is 62.2 Å². The van der Waals surface area contributed by atoms with Crippen LogP contribution in [0, 0.1) is 13.8 Å². The number of amides is 2. The Labute approximate surface area is 171 Å². The van der Waals surface area contributed by atoms with Crippen molar-refractivity contribution >= 4 is 28.3 Å². The lowest BCUT2D eigenvalue weighted by Crippen LogP contribution is -2.34. The van der Waals surface area contributed by atoms with Crippen molar-refractivity contribution in [2.45, 2.75) is 33.7 Å². The molecule has 2 N–H and O–H groups in total. The van der Waals surface area contributed by atoms with Crippen LogP contribution in [0.3, 0.4) is 0 Å². The predicted octanol–water partition coefficient (Wildman–Crippen LogP) is 4.61. The third-order valence-electron chi connectivity index (χ3n) is 4.53. The Hall–Kier alpha value is -3.34. The molecule has 3 aromatic rings. The van der Waals surface area contributed by atoms with Crippen LogP contribution in [0.1, 0.15) is 35.3 Å². The number of aryl methyl sites for hydroxylation is 2. The summed E-state index contributed by atoms with van der Waals surface area (Å²) < 4.78 is 5.74. The SMILES string of the molecule is Cc1ccc(NC(=O)c2cc3ccccc3cc2OCC(=O)NC(C)C)c(C)c1. The van der Waals surface area contributed by atoms with Gasteiger partial charge in [0, 0.05) is 11.7 Å². The van der Waals surface area contributed by atoms with Gasteiger partial charge in [0.1, 0.15) is 5.75 Å². The lowest BCUT2D eigenvalue weighted by Gasteiger charge is -2.15. The zero-order chi connectivity index (χ0) is 21.0. The molecule has 29 heavy (non-hydrogen) atoms. The normalized spacial score (nSPS) is 10.8. The Bertz CT molecular complexity index is 1060. The lowest BCUT2D eigenvalue weighted by atomic mass is 10.0. The zero-order valence-electron chi connectivity index (χ0n) is 17.2. The summed E-state index contributed by atoms with van der Waals surface area (Å²) in [5.41, 5.74) is 3.25. The molecule has 0 bridgehead atoms. The Morgan fingerprint density at radius 1 is 0.966 bits per heavy atom. The Kier molecular flexibility index (Phi) is 6.17. The number of benzene rings is 3. The number of nitrogens with one attached hydrogen (secondary N) is 2. The van der Waals surface area contributed by atoms with E-state index in [0.29, 0.717) is 11.3 Å². The van der Waals surface area contributed by atoms with Crippen molar-refractivity contribution < 1.29 is 14.3 Å². The minimum absolute atomic E-state index is 0.0231. The maximum absolute atomic E-state index is 13.0. The highest BCUT2D eigenvalue weighted by atomic mass is 16.5. The molecule has 0 aliphatic rings. The molecule has 0 aliphatic heterocycles. The van der Waals surface area contributed by atoms with E-state index in [4.69, 9.17) is 4.74 Å². The Morgan fingerprint density at radius 3 is 2.31 bits per heavy atom. The fraction of sp³-hybridized carbons (Fsp3) is 0.250. The van der Waals surface area contributed by atoms with Gasteiger partial charge >= 0.3 is 0 Å². The molecule has 0 atom stereocenters. The van der Waals surface area contributed by atoms with Crippen LogP contribution in [-0.4, -0.2) is 24.5 Å². The summed E-state index contributed by atoms with van der Waals surface area (Å²) in [5.74, 6) is -0.124. The number of carbonyl (C=O) groups is 2. The van der Waals surface area contributed by atoms with E-state index in [1.165, 1.54) is 0 Å². The molecule has 3 rings (SSSR count). The fourth-order valence-electron chi connectivity index (χ4n) is 3.17. The summed E-state index contributed by atoms with van der Waals surface area (Å²) in [7, 11) is 0. The Balaban J connectivity index is 1.91. The molecule has 0 heterocycles. The molecule has 0 unspecified atom stereocenters. The van der Waals surface area contributed by atoms with E-state index >= 15 is 0 Å². The van der Waals surface area contributed by atoms with Gasteiger partial charge in [-0.3, -0.25) is 9.59 Å². The van der Waals surface area contributed by atoms with Crippen LogP contribution in [0.4, 0.5) is 5.69 Å². The number of ether oxygens (including phenoxy) is 1. The summed E-state index contributed by atoms with van der Waals surface area (Å²) in [4.78, 5) is 25.0. The second-order valence-electron chi connectivity index (χ2n) is 7.48. The Morgan fingerprint density at radius 2 is 1.66 bits per heavy atom. The molecular formula is C24H26N2O3. The fourth-order valence-corrected chi connectivity index (χ4v) is 3.17.